The van der Waals surface area contributed by atoms with E-state index in [1.54, 1.807) is 18.3 Å². The lowest BCUT2D eigenvalue weighted by Gasteiger charge is -2.25. The first-order chi connectivity index (χ1) is 12.9. The van der Waals surface area contributed by atoms with Crippen molar-refractivity contribution in [1.82, 2.24) is 10.3 Å². The molecule has 0 amide bonds. The van der Waals surface area contributed by atoms with E-state index in [-0.39, 0.29) is 4.90 Å². The molecule has 0 spiro atoms. The number of sulfonamides is 1. The number of pyridine rings is 1. The van der Waals surface area contributed by atoms with Gasteiger partial charge in [-0.15, -0.1) is 0 Å². The second kappa shape index (κ2) is 8.40. The summed E-state index contributed by atoms with van der Waals surface area (Å²) in [4.78, 5) is 4.80. The Kier molecular flexibility index (Phi) is 6.17. The van der Waals surface area contributed by atoms with Crippen LogP contribution in [0.5, 0.6) is 0 Å². The average molecular weight is 388 g/mol. The van der Waals surface area contributed by atoms with Gasteiger partial charge in [-0.2, -0.15) is 0 Å². The molecule has 1 aliphatic rings. The predicted molar refractivity (Wildman–Crippen MR) is 110 cm³/mol. The fourth-order valence-electron chi connectivity index (χ4n) is 3.43. The van der Waals surface area contributed by atoms with E-state index < -0.39 is 10.0 Å². The van der Waals surface area contributed by atoms with E-state index in [1.165, 1.54) is 0 Å². The van der Waals surface area contributed by atoms with Crippen molar-refractivity contribution in [2.45, 2.75) is 63.3 Å². The van der Waals surface area contributed by atoms with E-state index in [0.29, 0.717) is 17.6 Å². The van der Waals surface area contributed by atoms with E-state index >= 15 is 0 Å². The van der Waals surface area contributed by atoms with Gasteiger partial charge in [0.15, 0.2) is 0 Å². The molecule has 0 bridgehead atoms. The first-order valence-electron chi connectivity index (χ1n) is 9.73. The molecule has 1 unspecified atom stereocenters. The van der Waals surface area contributed by atoms with Crippen LogP contribution in [-0.4, -0.2) is 26.0 Å². The van der Waals surface area contributed by atoms with Gasteiger partial charge in [-0.3, -0.25) is 9.71 Å². The number of aromatic nitrogens is 1. The Morgan fingerprint density at radius 1 is 1.22 bits per heavy atom. The van der Waals surface area contributed by atoms with Crippen LogP contribution in [-0.2, 0) is 22.9 Å². The van der Waals surface area contributed by atoms with Gasteiger partial charge in [0.25, 0.3) is 10.0 Å². The summed E-state index contributed by atoms with van der Waals surface area (Å²) in [6, 6.07) is 9.45. The maximum absolute atomic E-state index is 12.7. The summed E-state index contributed by atoms with van der Waals surface area (Å²) >= 11 is 0. The fraction of sp³-hybridized carbons (Fsp3) is 0.476. The van der Waals surface area contributed by atoms with Crippen molar-refractivity contribution in [1.29, 1.82) is 0 Å². The smallest absolute Gasteiger partial charge is 0.261 e. The van der Waals surface area contributed by atoms with Crippen molar-refractivity contribution in [3.8, 4) is 0 Å². The van der Waals surface area contributed by atoms with Gasteiger partial charge in [0.1, 0.15) is 0 Å². The molecule has 0 saturated carbocycles. The molecule has 27 heavy (non-hydrogen) atoms. The summed E-state index contributed by atoms with van der Waals surface area (Å²) in [6.07, 6.45) is 5.62. The van der Waals surface area contributed by atoms with Gasteiger partial charge >= 0.3 is 0 Å². The lowest BCUT2D eigenvalue weighted by molar-refractivity contribution is 0.453. The third kappa shape index (κ3) is 4.87. The minimum absolute atomic E-state index is 0.272. The fourth-order valence-corrected chi connectivity index (χ4v) is 4.46. The van der Waals surface area contributed by atoms with Gasteiger partial charge in [-0.25, -0.2) is 8.42 Å². The van der Waals surface area contributed by atoms with Crippen LogP contribution in [0.3, 0.4) is 0 Å². The number of benzene rings is 1. The number of hydrogen-bond acceptors (Lipinski definition) is 4. The van der Waals surface area contributed by atoms with Crippen LogP contribution in [0.25, 0.3) is 0 Å². The van der Waals surface area contributed by atoms with E-state index in [9.17, 15) is 8.42 Å². The summed E-state index contributed by atoms with van der Waals surface area (Å²) < 4.78 is 28.0. The van der Waals surface area contributed by atoms with Crippen LogP contribution in [0.1, 0.15) is 56.4 Å². The maximum atomic E-state index is 12.7. The second-order valence-electron chi connectivity index (χ2n) is 7.55. The molecular formula is C21H29N3O2S. The molecule has 0 aliphatic heterocycles. The summed E-state index contributed by atoms with van der Waals surface area (Å²) in [7, 11) is -3.61. The van der Waals surface area contributed by atoms with Crippen LogP contribution in [0, 0.1) is 0 Å². The molecule has 1 aromatic carbocycles. The number of aryl methyl sites for hydroxylation is 1. The molecule has 5 nitrogen and oxygen atoms in total. The first-order valence-corrected chi connectivity index (χ1v) is 11.2. The van der Waals surface area contributed by atoms with E-state index in [4.69, 9.17) is 0 Å². The van der Waals surface area contributed by atoms with Gasteiger partial charge in [-0.05, 0) is 61.1 Å². The molecule has 1 aliphatic carbocycles. The number of fused-ring (bicyclic) bond motifs is 1. The Bertz CT molecular complexity index is 877. The van der Waals surface area contributed by atoms with E-state index in [0.717, 1.165) is 49.0 Å². The van der Waals surface area contributed by atoms with E-state index in [2.05, 4.69) is 35.8 Å². The van der Waals surface area contributed by atoms with Crippen LogP contribution in [0.2, 0.25) is 0 Å². The molecule has 2 aromatic rings. The maximum Gasteiger partial charge on any atom is 0.261 e. The number of rotatable bonds is 7. The van der Waals surface area contributed by atoms with Crippen LogP contribution < -0.4 is 10.0 Å². The highest BCUT2D eigenvalue weighted by Gasteiger charge is 2.21. The van der Waals surface area contributed by atoms with Crippen molar-refractivity contribution < 1.29 is 8.42 Å². The molecule has 1 aromatic heterocycles. The summed E-state index contributed by atoms with van der Waals surface area (Å²) in [5, 5.41) is 3.55. The standard InChI is InChI=1S/C21H29N3O2S/c1-4-11-22-18-8-5-17-12-19(14-23-21(17)13-18)24-27(25,26)20-9-6-16(7-10-20)15(2)3/h6-7,9-10,12,14-15,18,22,24H,4-5,8,11,13H2,1-3H3. The van der Waals surface area contributed by atoms with Gasteiger partial charge in [0, 0.05) is 18.2 Å². The zero-order chi connectivity index (χ0) is 19.4. The summed E-state index contributed by atoms with van der Waals surface area (Å²) in [5.74, 6) is 0.371. The number of hydrogen-bond donors (Lipinski definition) is 2. The minimum Gasteiger partial charge on any atom is -0.314 e. The Morgan fingerprint density at radius 2 is 1.96 bits per heavy atom. The topological polar surface area (TPSA) is 71.1 Å². The van der Waals surface area contributed by atoms with Gasteiger partial charge < -0.3 is 5.32 Å². The third-order valence-corrected chi connectivity index (χ3v) is 6.45. The van der Waals surface area contributed by atoms with Gasteiger partial charge in [0.2, 0.25) is 0 Å². The molecule has 6 heteroatoms. The third-order valence-electron chi connectivity index (χ3n) is 5.05. The predicted octanol–water partition coefficient (Wildman–Crippen LogP) is 3.86. The average Bonchev–Trinajstić information content (AvgIpc) is 2.66. The molecule has 0 radical (unpaired) electrons. The Balaban J connectivity index is 1.72. The van der Waals surface area contributed by atoms with Crippen molar-refractivity contribution in [2.24, 2.45) is 0 Å². The van der Waals surface area contributed by atoms with Crippen LogP contribution >= 0.6 is 0 Å². The van der Waals surface area contributed by atoms with Crippen molar-refractivity contribution in [2.75, 3.05) is 11.3 Å². The van der Waals surface area contributed by atoms with Crippen LogP contribution in [0.4, 0.5) is 5.69 Å². The highest BCUT2D eigenvalue weighted by molar-refractivity contribution is 7.92. The second-order valence-corrected chi connectivity index (χ2v) is 9.24. The molecular weight excluding hydrogens is 358 g/mol. The minimum atomic E-state index is -3.61. The Morgan fingerprint density at radius 3 is 2.63 bits per heavy atom. The van der Waals surface area contributed by atoms with Gasteiger partial charge in [0.05, 0.1) is 16.8 Å². The highest BCUT2D eigenvalue weighted by Crippen LogP contribution is 2.25. The lowest BCUT2D eigenvalue weighted by atomic mass is 9.92. The zero-order valence-corrected chi connectivity index (χ0v) is 17.1. The largest absolute Gasteiger partial charge is 0.314 e. The number of anilines is 1. The highest BCUT2D eigenvalue weighted by atomic mass is 32.2. The molecule has 1 heterocycles. The molecule has 146 valence electrons. The SMILES string of the molecule is CCCNC1CCc2cc(NS(=O)(=O)c3ccc(C(C)C)cc3)cnc2C1. The zero-order valence-electron chi connectivity index (χ0n) is 16.3. The Labute approximate surface area is 162 Å². The monoisotopic (exact) mass is 387 g/mol. The normalized spacial score (nSPS) is 17.0. The van der Waals surface area contributed by atoms with Gasteiger partial charge in [-0.1, -0.05) is 32.9 Å². The molecule has 3 rings (SSSR count). The molecule has 0 saturated heterocycles. The first kappa shape index (κ1) is 19.8. The summed E-state index contributed by atoms with van der Waals surface area (Å²) in [6.45, 7) is 7.36. The lowest BCUT2D eigenvalue weighted by Crippen LogP contribution is -2.35. The van der Waals surface area contributed by atoms with E-state index in [1.807, 2.05) is 18.2 Å². The molecule has 0 fully saturated rings. The van der Waals surface area contributed by atoms with Crippen LogP contribution in [0.15, 0.2) is 41.4 Å². The number of nitrogens with zero attached hydrogens (tertiary/aromatic N) is 1. The molecule has 2 N–H and O–H groups in total. The summed E-state index contributed by atoms with van der Waals surface area (Å²) in [5.41, 5.74) is 3.86. The molecule has 1 atom stereocenters. The quantitative estimate of drug-likeness (QED) is 0.757. The number of nitrogens with one attached hydrogen (secondary N) is 2. The van der Waals surface area contributed by atoms with Crippen molar-refractivity contribution in [3.05, 3.63) is 53.3 Å². The van der Waals surface area contributed by atoms with Crippen molar-refractivity contribution in [3.63, 3.8) is 0 Å². The van der Waals surface area contributed by atoms with Crippen molar-refractivity contribution >= 4 is 15.7 Å². The Hall–Kier alpha value is -1.92.